The van der Waals surface area contributed by atoms with Crippen LogP contribution >= 0.6 is 0 Å². The Labute approximate surface area is 175 Å². The van der Waals surface area contributed by atoms with Gasteiger partial charge in [0.25, 0.3) is 11.8 Å². The van der Waals surface area contributed by atoms with Gasteiger partial charge in [0.2, 0.25) is 5.91 Å². The van der Waals surface area contributed by atoms with Gasteiger partial charge in [-0.25, -0.2) is 4.98 Å². The van der Waals surface area contributed by atoms with E-state index in [2.05, 4.69) is 16.8 Å². The number of hydrogen-bond donors (Lipinski definition) is 0. The quantitative estimate of drug-likeness (QED) is 0.575. The van der Waals surface area contributed by atoms with Gasteiger partial charge in [0.05, 0.1) is 11.1 Å². The maximum absolute atomic E-state index is 12.7. The summed E-state index contributed by atoms with van der Waals surface area (Å²) in [5.74, 6) is 5.07. The number of piperidine rings is 1. The third-order valence-corrected chi connectivity index (χ3v) is 5.29. The minimum Gasteiger partial charge on any atom is -0.341 e. The summed E-state index contributed by atoms with van der Waals surface area (Å²) in [6.45, 7) is 2.82. The van der Waals surface area contributed by atoms with Crippen LogP contribution in [0.3, 0.4) is 0 Å². The number of hydrogen-bond acceptors (Lipinski definition) is 4. The topological polar surface area (TPSA) is 70.6 Å². The zero-order valence-corrected chi connectivity index (χ0v) is 16.7. The lowest BCUT2D eigenvalue weighted by Gasteiger charge is -2.29. The van der Waals surface area contributed by atoms with Crippen molar-refractivity contribution in [1.82, 2.24) is 14.8 Å². The summed E-state index contributed by atoms with van der Waals surface area (Å²) in [7, 11) is 0. The summed E-state index contributed by atoms with van der Waals surface area (Å²) < 4.78 is 0. The van der Waals surface area contributed by atoms with Gasteiger partial charge in [0.1, 0.15) is 12.2 Å². The Kier molecular flexibility index (Phi) is 5.44. The molecule has 1 aromatic carbocycles. The molecule has 2 aliphatic rings. The molecule has 0 bridgehead atoms. The average Bonchev–Trinajstić information content (AvgIpc) is 2.99. The van der Waals surface area contributed by atoms with Gasteiger partial charge in [0.15, 0.2) is 0 Å². The zero-order chi connectivity index (χ0) is 21.1. The van der Waals surface area contributed by atoms with Crippen LogP contribution < -0.4 is 0 Å². The van der Waals surface area contributed by atoms with Crippen LogP contribution in [-0.4, -0.2) is 52.1 Å². The van der Waals surface area contributed by atoms with E-state index < -0.39 is 11.8 Å². The molecule has 3 amide bonds. The number of aryl methyl sites for hydroxylation is 1. The highest BCUT2D eigenvalue weighted by Gasteiger charge is 2.37. The van der Waals surface area contributed by atoms with Gasteiger partial charge in [-0.05, 0) is 56.0 Å². The van der Waals surface area contributed by atoms with Gasteiger partial charge in [-0.2, -0.15) is 0 Å². The van der Waals surface area contributed by atoms with Crippen LogP contribution in [0.5, 0.6) is 0 Å². The van der Waals surface area contributed by atoms with E-state index in [0.29, 0.717) is 24.2 Å². The maximum atomic E-state index is 12.7. The number of carbonyl (C=O) groups is 3. The zero-order valence-electron chi connectivity index (χ0n) is 16.7. The molecule has 6 heteroatoms. The molecule has 2 aliphatic heterocycles. The first-order valence-electron chi connectivity index (χ1n) is 9.89. The second-order valence-electron chi connectivity index (χ2n) is 7.36. The van der Waals surface area contributed by atoms with Gasteiger partial charge < -0.3 is 4.90 Å². The van der Waals surface area contributed by atoms with Crippen LogP contribution in [0.15, 0.2) is 54.1 Å². The van der Waals surface area contributed by atoms with Gasteiger partial charge in [0, 0.05) is 18.8 Å². The van der Waals surface area contributed by atoms with Crippen molar-refractivity contribution in [3.8, 4) is 11.8 Å². The Bertz CT molecular complexity index is 1080. The van der Waals surface area contributed by atoms with Crippen LogP contribution in [0, 0.1) is 18.8 Å². The van der Waals surface area contributed by atoms with E-state index >= 15 is 0 Å². The van der Waals surface area contributed by atoms with Crippen LogP contribution in [0.4, 0.5) is 0 Å². The number of nitrogens with zero attached hydrogens (tertiary/aromatic N) is 3. The lowest BCUT2D eigenvalue weighted by atomic mass is 10.0. The molecule has 1 saturated heterocycles. The third kappa shape index (κ3) is 4.01. The monoisotopic (exact) mass is 399 g/mol. The molecule has 30 heavy (non-hydrogen) atoms. The molecule has 6 nitrogen and oxygen atoms in total. The molecule has 0 aliphatic carbocycles. The van der Waals surface area contributed by atoms with Gasteiger partial charge in [-0.15, -0.1) is 0 Å². The summed E-state index contributed by atoms with van der Waals surface area (Å²) in [6.07, 6.45) is 3.35. The first kappa shape index (κ1) is 19.6. The van der Waals surface area contributed by atoms with E-state index in [4.69, 9.17) is 0 Å². The molecular weight excluding hydrogens is 378 g/mol. The maximum Gasteiger partial charge on any atom is 0.262 e. The number of carbonyl (C=O) groups excluding carboxylic acids is 3. The van der Waals surface area contributed by atoms with E-state index in [9.17, 15) is 14.4 Å². The second kappa shape index (κ2) is 8.34. The Morgan fingerprint density at radius 1 is 1.03 bits per heavy atom. The minimum atomic E-state index is -0.401. The van der Waals surface area contributed by atoms with Crippen molar-refractivity contribution in [2.24, 2.45) is 0 Å². The molecule has 0 radical (unpaired) electrons. The summed E-state index contributed by atoms with van der Waals surface area (Å²) in [5, 5.41) is 0. The number of allylic oxidation sites excluding steroid dienone is 1. The standard InChI is InChI=1S/C24H21N3O3/c1-17-6-4-8-19(25-17)9-5-7-18-12-14-26(15-13-18)22(28)16-27-23(29)20-10-2-3-11-21(20)24(27)30/h2-4,6-8,10-11H,12-16H2,1H3. The first-order valence-corrected chi connectivity index (χ1v) is 9.89. The number of benzene rings is 1. The SMILES string of the molecule is Cc1cccc(C#CC=C2CCN(C(=O)CN3C(=O)c4ccccc4C3=O)CC2)n1. The van der Waals surface area contributed by atoms with E-state index in [-0.39, 0.29) is 12.5 Å². The smallest absolute Gasteiger partial charge is 0.262 e. The Balaban J connectivity index is 1.33. The lowest BCUT2D eigenvalue weighted by Crippen LogP contribution is -2.44. The Morgan fingerprint density at radius 3 is 2.33 bits per heavy atom. The van der Waals surface area contributed by atoms with Crippen molar-refractivity contribution in [2.45, 2.75) is 19.8 Å². The highest BCUT2D eigenvalue weighted by atomic mass is 16.2. The predicted molar refractivity (Wildman–Crippen MR) is 112 cm³/mol. The number of imide groups is 1. The summed E-state index contributed by atoms with van der Waals surface area (Å²) >= 11 is 0. The van der Waals surface area contributed by atoms with Gasteiger partial charge >= 0.3 is 0 Å². The van der Waals surface area contributed by atoms with Crippen LogP contribution in [0.1, 0.15) is 44.9 Å². The van der Waals surface area contributed by atoms with Crippen molar-refractivity contribution < 1.29 is 14.4 Å². The molecule has 2 aromatic rings. The van der Waals surface area contributed by atoms with Crippen LogP contribution in [0.2, 0.25) is 0 Å². The van der Waals surface area contributed by atoms with Crippen molar-refractivity contribution in [3.05, 3.63) is 76.6 Å². The fourth-order valence-corrected chi connectivity index (χ4v) is 3.63. The van der Waals surface area contributed by atoms with E-state index in [1.807, 2.05) is 31.2 Å². The minimum absolute atomic E-state index is 0.210. The molecule has 4 rings (SSSR count). The second-order valence-corrected chi connectivity index (χ2v) is 7.36. The molecule has 1 fully saturated rings. The largest absolute Gasteiger partial charge is 0.341 e. The predicted octanol–water partition coefficient (Wildman–Crippen LogP) is 2.59. The molecule has 0 atom stereocenters. The molecule has 0 unspecified atom stereocenters. The molecule has 3 heterocycles. The van der Waals surface area contributed by atoms with Crippen molar-refractivity contribution in [2.75, 3.05) is 19.6 Å². The van der Waals surface area contributed by atoms with Crippen molar-refractivity contribution in [3.63, 3.8) is 0 Å². The van der Waals surface area contributed by atoms with E-state index in [1.165, 1.54) is 5.57 Å². The van der Waals surface area contributed by atoms with Crippen molar-refractivity contribution >= 4 is 17.7 Å². The van der Waals surface area contributed by atoms with Crippen LogP contribution in [-0.2, 0) is 4.79 Å². The molecular formula is C24H21N3O3. The van der Waals surface area contributed by atoms with Crippen LogP contribution in [0.25, 0.3) is 0 Å². The molecule has 0 spiro atoms. The number of likely N-dealkylation sites (tertiary alicyclic amines) is 1. The normalized spacial score (nSPS) is 15.6. The Hall–Kier alpha value is -3.72. The molecule has 0 saturated carbocycles. The highest BCUT2D eigenvalue weighted by Crippen LogP contribution is 2.23. The highest BCUT2D eigenvalue weighted by molar-refractivity contribution is 6.22. The third-order valence-electron chi connectivity index (χ3n) is 5.29. The number of amides is 3. The fourth-order valence-electron chi connectivity index (χ4n) is 3.63. The number of aromatic nitrogens is 1. The summed E-state index contributed by atoms with van der Waals surface area (Å²) in [4.78, 5) is 44.6. The lowest BCUT2D eigenvalue weighted by molar-refractivity contribution is -0.131. The summed E-state index contributed by atoms with van der Waals surface area (Å²) in [5.41, 5.74) is 3.57. The van der Waals surface area contributed by atoms with Gasteiger partial charge in [-0.1, -0.05) is 29.7 Å². The first-order chi connectivity index (χ1) is 14.5. The Morgan fingerprint density at radius 2 is 1.70 bits per heavy atom. The molecule has 0 N–H and O–H groups in total. The van der Waals surface area contributed by atoms with E-state index in [1.54, 1.807) is 29.2 Å². The van der Waals surface area contributed by atoms with E-state index in [0.717, 1.165) is 29.1 Å². The summed E-state index contributed by atoms with van der Waals surface area (Å²) in [6, 6.07) is 12.4. The van der Waals surface area contributed by atoms with Gasteiger partial charge in [-0.3, -0.25) is 19.3 Å². The molecule has 1 aromatic heterocycles. The average molecular weight is 399 g/mol. The molecule has 150 valence electrons. The fraction of sp³-hybridized carbons (Fsp3) is 0.250. The number of pyridine rings is 1. The van der Waals surface area contributed by atoms with Crippen molar-refractivity contribution in [1.29, 1.82) is 0 Å². The number of fused-ring (bicyclic) bond motifs is 1. The number of rotatable bonds is 2.